The van der Waals surface area contributed by atoms with E-state index in [0.29, 0.717) is 28.2 Å². The molecule has 5 atom stereocenters. The van der Waals surface area contributed by atoms with Crippen LogP contribution in [0.2, 0.25) is 0 Å². The average molecular weight is 700 g/mol. The van der Waals surface area contributed by atoms with Gasteiger partial charge in [0.2, 0.25) is 11.8 Å². The topological polar surface area (TPSA) is 257 Å². The molecule has 50 heavy (non-hydrogen) atoms. The smallest absolute Gasteiger partial charge is 0.550 e. The largest absolute Gasteiger partial charge is 1.00 e. The van der Waals surface area contributed by atoms with Crippen LogP contribution in [0.5, 0.6) is 0 Å². The van der Waals surface area contributed by atoms with Crippen LogP contribution in [-0.2, 0) is 14.4 Å². The zero-order chi connectivity index (χ0) is 32.5. The van der Waals surface area contributed by atoms with Gasteiger partial charge in [0.05, 0.1) is 34.5 Å². The van der Waals surface area contributed by atoms with Crippen molar-refractivity contribution in [3.63, 3.8) is 0 Å². The Morgan fingerprint density at radius 2 is 1.46 bits per heavy atom. The summed E-state index contributed by atoms with van der Waals surface area (Å²) in [5.41, 5.74) is 2.33. The van der Waals surface area contributed by atoms with E-state index in [2.05, 4.69) is 10.6 Å². The van der Waals surface area contributed by atoms with Crippen LogP contribution in [0.3, 0.4) is 0 Å². The number of carbonyl (C=O) groups is 5. The molecule has 0 aliphatic carbocycles. The Labute approximate surface area is 309 Å². The van der Waals surface area contributed by atoms with Gasteiger partial charge in [-0.15, -0.1) is 0 Å². The Balaban J connectivity index is 0.00000169. The van der Waals surface area contributed by atoms with E-state index in [1.165, 1.54) is 9.80 Å². The van der Waals surface area contributed by atoms with Gasteiger partial charge in [0, 0.05) is 18.1 Å². The molecule has 260 valence electrons. The quantitative estimate of drug-likeness (QED) is 0.215. The first-order chi connectivity index (χ1) is 22.0. The van der Waals surface area contributed by atoms with Gasteiger partial charge in [-0.3, -0.25) is 33.9 Å². The van der Waals surface area contributed by atoms with E-state index in [4.69, 9.17) is 0 Å². The van der Waals surface area contributed by atoms with Crippen LogP contribution in [0.25, 0.3) is 0 Å². The summed E-state index contributed by atoms with van der Waals surface area (Å²) >= 11 is 0. The van der Waals surface area contributed by atoms with Crippen molar-refractivity contribution in [1.29, 1.82) is 0 Å². The predicted molar refractivity (Wildman–Crippen MR) is 175 cm³/mol. The van der Waals surface area contributed by atoms with Crippen LogP contribution >= 0.6 is 0 Å². The molecule has 0 spiro atoms. The van der Waals surface area contributed by atoms with Gasteiger partial charge >= 0.3 is 29.6 Å². The maximum Gasteiger partial charge on any atom is 1.00 e. The van der Waals surface area contributed by atoms with Crippen LogP contribution in [0.1, 0.15) is 65.3 Å². The maximum atomic E-state index is 14.3. The Morgan fingerprint density at radius 3 is 2.12 bits per heavy atom. The SMILES string of the molecule is CC(C)CC1C(=O)N2c3ccccc3C(C3NC(=O)c4ccccc4N4C(=O)c5ccccc5NC34)C2(O)N1C(=O)CCC(=O)[O-].O.O.O.[Na+]. The van der Waals surface area contributed by atoms with Gasteiger partial charge in [0.1, 0.15) is 12.2 Å². The predicted octanol–water partition coefficient (Wildman–Crippen LogP) is -3.71. The van der Waals surface area contributed by atoms with E-state index >= 15 is 0 Å². The first-order valence-corrected chi connectivity index (χ1v) is 15.3. The molecule has 4 heterocycles. The number of hydrogen-bond donors (Lipinski definition) is 3. The number of carboxylic acid groups (broad SMARTS) is 1. The Kier molecular flexibility index (Phi) is 11.9. The molecule has 1 saturated heterocycles. The second-order valence-electron chi connectivity index (χ2n) is 12.5. The number of fused-ring (bicyclic) bond motifs is 7. The van der Waals surface area contributed by atoms with Crippen LogP contribution in [0.15, 0.2) is 72.8 Å². The van der Waals surface area contributed by atoms with Crippen molar-refractivity contribution in [2.45, 2.75) is 63.1 Å². The Hall–Kier alpha value is -4.35. The average Bonchev–Trinajstić information content (AvgIpc) is 3.36. The summed E-state index contributed by atoms with van der Waals surface area (Å²) in [7, 11) is 0. The second kappa shape index (κ2) is 14.9. The monoisotopic (exact) mass is 699 g/mol. The first kappa shape index (κ1) is 40.1. The molecule has 4 amide bonds. The molecule has 0 radical (unpaired) electrons. The molecule has 0 bridgehead atoms. The summed E-state index contributed by atoms with van der Waals surface area (Å²) in [5.74, 6) is -7.19. The van der Waals surface area contributed by atoms with Crippen LogP contribution in [-0.4, -0.2) is 80.1 Å². The number of rotatable bonds is 6. The molecule has 16 heteroatoms. The third-order valence-electron chi connectivity index (χ3n) is 9.30. The minimum absolute atomic E-state index is 0. The summed E-state index contributed by atoms with van der Waals surface area (Å²) in [6.07, 6.45) is -1.89. The summed E-state index contributed by atoms with van der Waals surface area (Å²) in [6, 6.07) is 18.3. The number of para-hydroxylation sites is 3. The van der Waals surface area contributed by atoms with Crippen LogP contribution in [0.4, 0.5) is 17.1 Å². The standard InChI is InChI=1S/C34H33N5O7.Na.3H2O/c1-18(2)17-25-33(45)39-24-14-8-4-10-20(24)28(34(39,46)38(25)26(40)15-16-27(41)42)29-30-35-22-12-6-3-9-19(22)32(44)37(30)23-13-7-5-11-21(23)31(43)36-29;;;;/h3-14,18,25,28-30,35,46H,15-17H2,1-2H3,(H,36,43)(H,41,42);;3*1H2/q;+1;;;/p-1. The van der Waals surface area contributed by atoms with Crippen LogP contribution < -0.4 is 55.1 Å². The third-order valence-corrected chi connectivity index (χ3v) is 9.30. The summed E-state index contributed by atoms with van der Waals surface area (Å²) < 4.78 is 0. The number of carbonyl (C=O) groups excluding carboxylic acids is 5. The normalized spacial score (nSPS) is 23.9. The number of aliphatic carboxylic acids is 1. The van der Waals surface area contributed by atoms with Crippen molar-refractivity contribution < 1.29 is 80.2 Å². The summed E-state index contributed by atoms with van der Waals surface area (Å²) in [4.78, 5) is 71.6. The fraction of sp³-hybridized carbons (Fsp3) is 0.324. The van der Waals surface area contributed by atoms with Gasteiger partial charge < -0.3 is 42.1 Å². The molecule has 3 aromatic rings. The molecule has 9 N–H and O–H groups in total. The van der Waals surface area contributed by atoms with Crippen molar-refractivity contribution in [3.8, 4) is 0 Å². The van der Waals surface area contributed by atoms with Crippen molar-refractivity contribution in [3.05, 3.63) is 89.5 Å². The van der Waals surface area contributed by atoms with Gasteiger partial charge in [0.15, 0.2) is 0 Å². The van der Waals surface area contributed by atoms with Crippen molar-refractivity contribution >= 4 is 46.7 Å². The van der Waals surface area contributed by atoms with Crippen molar-refractivity contribution in [1.82, 2.24) is 10.2 Å². The fourth-order valence-electron chi connectivity index (χ4n) is 7.51. The Morgan fingerprint density at radius 1 is 0.860 bits per heavy atom. The van der Waals surface area contributed by atoms with Gasteiger partial charge in [-0.2, -0.15) is 0 Å². The molecule has 4 aliphatic heterocycles. The third kappa shape index (κ3) is 5.94. The number of amides is 4. The molecule has 5 unspecified atom stereocenters. The molecule has 1 fully saturated rings. The first-order valence-electron chi connectivity index (χ1n) is 15.3. The number of hydrogen-bond acceptors (Lipinski definition) is 8. The number of anilines is 3. The molecule has 4 aliphatic rings. The number of aliphatic hydroxyl groups is 1. The van der Waals surface area contributed by atoms with E-state index in [0.717, 1.165) is 4.90 Å². The van der Waals surface area contributed by atoms with E-state index in [9.17, 15) is 34.2 Å². The zero-order valence-corrected chi connectivity index (χ0v) is 29.7. The van der Waals surface area contributed by atoms with E-state index in [-0.39, 0.29) is 69.8 Å². The van der Waals surface area contributed by atoms with E-state index < -0.39 is 66.5 Å². The van der Waals surface area contributed by atoms with Gasteiger partial charge in [0.25, 0.3) is 17.7 Å². The maximum absolute atomic E-state index is 14.3. The molecule has 0 aromatic heterocycles. The van der Waals surface area contributed by atoms with E-state index in [1.807, 2.05) is 13.8 Å². The molecular formula is C34H38N5NaO10. The second-order valence-corrected chi connectivity index (χ2v) is 12.5. The number of nitrogens with zero attached hydrogens (tertiary/aromatic N) is 3. The number of nitrogens with one attached hydrogen (secondary N) is 2. The fourth-order valence-corrected chi connectivity index (χ4v) is 7.51. The van der Waals surface area contributed by atoms with Gasteiger partial charge in [-0.1, -0.05) is 56.3 Å². The minimum atomic E-state index is -2.36. The molecule has 0 saturated carbocycles. The zero-order valence-electron chi connectivity index (χ0n) is 27.7. The molecular weight excluding hydrogens is 661 g/mol. The number of benzene rings is 3. The molecule has 3 aromatic carbocycles. The number of carboxylic acids is 1. The van der Waals surface area contributed by atoms with Crippen molar-refractivity contribution in [2.24, 2.45) is 5.92 Å². The summed E-state index contributed by atoms with van der Waals surface area (Å²) in [6.45, 7) is 3.76. The van der Waals surface area contributed by atoms with Crippen molar-refractivity contribution in [2.75, 3.05) is 15.1 Å². The minimum Gasteiger partial charge on any atom is -0.550 e. The summed E-state index contributed by atoms with van der Waals surface area (Å²) in [5, 5.41) is 30.9. The van der Waals surface area contributed by atoms with Gasteiger partial charge in [-0.25, -0.2) is 0 Å². The van der Waals surface area contributed by atoms with Crippen LogP contribution in [0, 0.1) is 5.92 Å². The van der Waals surface area contributed by atoms with E-state index in [1.54, 1.807) is 72.8 Å². The molecule has 7 rings (SSSR count). The van der Waals surface area contributed by atoms with Gasteiger partial charge in [-0.05, 0) is 54.7 Å². The Bertz CT molecular complexity index is 1820. The molecule has 15 nitrogen and oxygen atoms in total.